The highest BCUT2D eigenvalue weighted by Gasteiger charge is 2.36. The summed E-state index contributed by atoms with van der Waals surface area (Å²) in [7, 11) is 1.45. The molecule has 8 heteroatoms. The molecule has 31 heavy (non-hydrogen) atoms. The molecule has 1 saturated heterocycles. The van der Waals surface area contributed by atoms with Gasteiger partial charge in [0.15, 0.2) is 5.96 Å². The number of hydrogen-bond donors (Lipinski definition) is 1. The Morgan fingerprint density at radius 1 is 1.23 bits per heavy atom. The summed E-state index contributed by atoms with van der Waals surface area (Å²) >= 11 is 0. The summed E-state index contributed by atoms with van der Waals surface area (Å²) in [5.41, 5.74) is 1.99. The van der Waals surface area contributed by atoms with Crippen molar-refractivity contribution in [3.8, 4) is 5.75 Å². The fourth-order valence-electron chi connectivity index (χ4n) is 3.52. The maximum atomic E-state index is 12.0. The minimum atomic E-state index is -0.151. The van der Waals surface area contributed by atoms with Crippen LogP contribution in [-0.4, -0.2) is 48.6 Å². The zero-order chi connectivity index (χ0) is 21.3. The lowest BCUT2D eigenvalue weighted by Crippen LogP contribution is -2.40. The maximum Gasteiger partial charge on any atom is 0.310 e. The smallest absolute Gasteiger partial charge is 0.310 e. The molecular weight excluding hydrogens is 507 g/mol. The van der Waals surface area contributed by atoms with Crippen molar-refractivity contribution >= 4 is 35.9 Å². The zero-order valence-corrected chi connectivity index (χ0v) is 20.6. The van der Waals surface area contributed by atoms with Gasteiger partial charge in [0, 0.05) is 25.8 Å². The van der Waals surface area contributed by atoms with Crippen LogP contribution in [0.2, 0.25) is 0 Å². The Balaban J connectivity index is 0.00000341. The first-order valence-electron chi connectivity index (χ1n) is 10.3. The molecule has 1 aliphatic heterocycles. The number of aromatic nitrogens is 1. The Kier molecular flexibility index (Phi) is 10.0. The van der Waals surface area contributed by atoms with Crippen LogP contribution in [0.1, 0.15) is 25.1 Å². The van der Waals surface area contributed by atoms with E-state index in [1.165, 1.54) is 7.11 Å². The summed E-state index contributed by atoms with van der Waals surface area (Å²) in [6.07, 6.45) is 1.76. The molecule has 2 unspecified atom stereocenters. The van der Waals surface area contributed by atoms with E-state index in [-0.39, 0.29) is 41.8 Å². The number of methoxy groups -OCH3 is 1. The monoisotopic (exact) mass is 538 g/mol. The first-order valence-corrected chi connectivity index (χ1v) is 10.3. The Morgan fingerprint density at radius 2 is 2.00 bits per heavy atom. The lowest BCUT2D eigenvalue weighted by molar-refractivity contribution is -0.145. The van der Waals surface area contributed by atoms with Gasteiger partial charge in [0.2, 0.25) is 0 Å². The van der Waals surface area contributed by atoms with Crippen LogP contribution in [0.5, 0.6) is 5.75 Å². The minimum Gasteiger partial charge on any atom is -0.487 e. The Hall–Kier alpha value is -2.36. The highest BCUT2D eigenvalue weighted by Crippen LogP contribution is 2.24. The number of hydrogen-bond acceptors (Lipinski definition) is 5. The molecule has 2 aromatic rings. The third kappa shape index (κ3) is 7.09. The average molecular weight is 538 g/mol. The van der Waals surface area contributed by atoms with Crippen molar-refractivity contribution in [3.05, 3.63) is 59.9 Å². The highest BCUT2D eigenvalue weighted by atomic mass is 127. The van der Waals surface area contributed by atoms with E-state index in [1.54, 1.807) is 6.20 Å². The molecule has 1 aliphatic rings. The van der Waals surface area contributed by atoms with Gasteiger partial charge in [-0.3, -0.25) is 9.78 Å². The number of likely N-dealkylation sites (tertiary alicyclic amines) is 1. The van der Waals surface area contributed by atoms with Gasteiger partial charge in [0.05, 0.1) is 25.3 Å². The van der Waals surface area contributed by atoms with Crippen molar-refractivity contribution in [3.63, 3.8) is 0 Å². The topological polar surface area (TPSA) is 76.1 Å². The predicted octanol–water partition coefficient (Wildman–Crippen LogP) is 3.49. The van der Waals surface area contributed by atoms with Crippen LogP contribution < -0.4 is 10.1 Å². The lowest BCUT2D eigenvalue weighted by atomic mass is 9.99. The second-order valence-corrected chi connectivity index (χ2v) is 7.44. The number of pyridine rings is 1. The van der Waals surface area contributed by atoms with Crippen LogP contribution in [0.4, 0.5) is 0 Å². The van der Waals surface area contributed by atoms with Gasteiger partial charge in [-0.05, 0) is 42.7 Å². The van der Waals surface area contributed by atoms with Crippen molar-refractivity contribution in [1.29, 1.82) is 0 Å². The van der Waals surface area contributed by atoms with Crippen molar-refractivity contribution in [2.75, 3.05) is 26.7 Å². The highest BCUT2D eigenvalue weighted by molar-refractivity contribution is 14.0. The Bertz CT molecular complexity index is 846. The van der Waals surface area contributed by atoms with Crippen molar-refractivity contribution < 1.29 is 14.3 Å². The summed E-state index contributed by atoms with van der Waals surface area (Å²) in [5, 5.41) is 3.33. The molecule has 2 atom stereocenters. The van der Waals surface area contributed by atoms with Crippen LogP contribution in [0, 0.1) is 11.8 Å². The first-order chi connectivity index (χ1) is 14.6. The quantitative estimate of drug-likeness (QED) is 0.252. The fraction of sp³-hybridized carbons (Fsp3) is 0.435. The molecule has 1 aromatic carbocycles. The number of carbonyl (C=O) groups is 1. The standard InChI is InChI=1S/C23H30N4O3.HI/c1-4-24-23(27-14-17(2)21(15-27)22(28)29-3)26-13-18-8-10-20(11-9-18)30-16-19-7-5-6-12-25-19;/h5-12,17,21H,4,13-16H2,1-3H3,(H,24,26);1H. The van der Waals surface area contributed by atoms with Gasteiger partial charge in [-0.15, -0.1) is 24.0 Å². The van der Waals surface area contributed by atoms with Gasteiger partial charge in [-0.25, -0.2) is 4.99 Å². The molecule has 1 fully saturated rings. The van der Waals surface area contributed by atoms with Crippen LogP contribution in [0.3, 0.4) is 0 Å². The number of nitrogens with one attached hydrogen (secondary N) is 1. The van der Waals surface area contributed by atoms with E-state index < -0.39 is 0 Å². The van der Waals surface area contributed by atoms with Crippen molar-refractivity contribution in [2.45, 2.75) is 27.0 Å². The zero-order valence-electron chi connectivity index (χ0n) is 18.3. The molecule has 2 heterocycles. The molecule has 0 aliphatic carbocycles. The van der Waals surface area contributed by atoms with Gasteiger partial charge in [-0.1, -0.05) is 25.1 Å². The minimum absolute atomic E-state index is 0. The molecule has 1 aromatic heterocycles. The number of ether oxygens (including phenoxy) is 2. The fourth-order valence-corrected chi connectivity index (χ4v) is 3.52. The van der Waals surface area contributed by atoms with Crippen LogP contribution in [-0.2, 0) is 22.7 Å². The number of rotatable bonds is 7. The van der Waals surface area contributed by atoms with Crippen molar-refractivity contribution in [1.82, 2.24) is 15.2 Å². The van der Waals surface area contributed by atoms with E-state index in [1.807, 2.05) is 49.4 Å². The molecule has 7 nitrogen and oxygen atoms in total. The molecule has 0 amide bonds. The number of esters is 1. The van der Waals surface area contributed by atoms with Crippen LogP contribution >= 0.6 is 24.0 Å². The second kappa shape index (κ2) is 12.5. The van der Waals surface area contributed by atoms with E-state index in [2.05, 4.69) is 22.1 Å². The molecule has 1 N–H and O–H groups in total. The number of carbonyl (C=O) groups excluding carboxylic acids is 1. The normalized spacial score (nSPS) is 18.3. The molecule has 0 saturated carbocycles. The Morgan fingerprint density at radius 3 is 2.65 bits per heavy atom. The number of guanidine groups is 1. The number of halogens is 1. The summed E-state index contributed by atoms with van der Waals surface area (Å²) in [6, 6.07) is 13.7. The van der Waals surface area contributed by atoms with Gasteiger partial charge in [0.25, 0.3) is 0 Å². The SMILES string of the molecule is CCNC(=NCc1ccc(OCc2ccccn2)cc1)N1CC(C)C(C(=O)OC)C1.I. The third-order valence-corrected chi connectivity index (χ3v) is 5.20. The number of aliphatic imine (C=N–C) groups is 1. The molecule has 3 rings (SSSR count). The lowest BCUT2D eigenvalue weighted by Gasteiger charge is -2.21. The van der Waals surface area contributed by atoms with Crippen LogP contribution in [0.25, 0.3) is 0 Å². The Labute approximate surface area is 201 Å². The molecule has 0 radical (unpaired) electrons. The van der Waals surface area contributed by atoms with E-state index in [4.69, 9.17) is 14.5 Å². The molecule has 0 bridgehead atoms. The van der Waals surface area contributed by atoms with E-state index in [9.17, 15) is 4.79 Å². The third-order valence-electron chi connectivity index (χ3n) is 5.20. The van der Waals surface area contributed by atoms with E-state index >= 15 is 0 Å². The average Bonchev–Trinajstić information content (AvgIpc) is 3.17. The second-order valence-electron chi connectivity index (χ2n) is 7.44. The van der Waals surface area contributed by atoms with Gasteiger partial charge >= 0.3 is 5.97 Å². The summed E-state index contributed by atoms with van der Waals surface area (Å²) in [5.74, 6) is 1.59. The summed E-state index contributed by atoms with van der Waals surface area (Å²) in [6.45, 7) is 7.29. The largest absolute Gasteiger partial charge is 0.487 e. The van der Waals surface area contributed by atoms with E-state index in [0.717, 1.165) is 36.1 Å². The van der Waals surface area contributed by atoms with Gasteiger partial charge < -0.3 is 19.7 Å². The molecular formula is C23H31IN4O3. The van der Waals surface area contributed by atoms with Crippen LogP contribution in [0.15, 0.2) is 53.7 Å². The maximum absolute atomic E-state index is 12.0. The van der Waals surface area contributed by atoms with Gasteiger partial charge in [0.1, 0.15) is 12.4 Å². The predicted molar refractivity (Wildman–Crippen MR) is 131 cm³/mol. The van der Waals surface area contributed by atoms with Gasteiger partial charge in [-0.2, -0.15) is 0 Å². The number of benzene rings is 1. The first kappa shape index (κ1) is 24.9. The number of nitrogens with zero attached hydrogens (tertiary/aromatic N) is 3. The van der Waals surface area contributed by atoms with Crippen molar-refractivity contribution in [2.24, 2.45) is 16.8 Å². The summed E-state index contributed by atoms with van der Waals surface area (Å²) < 4.78 is 10.7. The summed E-state index contributed by atoms with van der Waals surface area (Å²) in [4.78, 5) is 23.2. The van der Waals surface area contributed by atoms with E-state index in [0.29, 0.717) is 19.7 Å². The molecule has 168 valence electrons. The molecule has 0 spiro atoms.